The summed E-state index contributed by atoms with van der Waals surface area (Å²) in [7, 11) is -3.77. The van der Waals surface area contributed by atoms with Gasteiger partial charge in [0.15, 0.2) is 0 Å². The number of amides is 1. The first kappa shape index (κ1) is 19.6. The molecule has 0 radical (unpaired) electrons. The summed E-state index contributed by atoms with van der Waals surface area (Å²) in [6, 6.07) is 5.76. The van der Waals surface area contributed by atoms with Crippen LogP contribution in [0, 0.1) is 5.82 Å². The van der Waals surface area contributed by atoms with E-state index in [4.69, 9.17) is 11.6 Å². The molecule has 2 heterocycles. The molecule has 1 amide bonds. The van der Waals surface area contributed by atoms with Crippen molar-refractivity contribution in [3.63, 3.8) is 0 Å². The van der Waals surface area contributed by atoms with E-state index in [1.807, 2.05) is 6.92 Å². The minimum absolute atomic E-state index is 0.130. The summed E-state index contributed by atoms with van der Waals surface area (Å²) in [4.78, 5) is 17.4. The zero-order chi connectivity index (χ0) is 19.8. The van der Waals surface area contributed by atoms with Gasteiger partial charge in [0.1, 0.15) is 11.0 Å². The molecule has 6 nitrogen and oxygen atoms in total. The Morgan fingerprint density at radius 3 is 2.74 bits per heavy atom. The molecule has 0 bridgehead atoms. The van der Waals surface area contributed by atoms with Crippen molar-refractivity contribution in [3.05, 3.63) is 52.6 Å². The minimum atomic E-state index is -3.77. The Morgan fingerprint density at radius 1 is 1.37 bits per heavy atom. The maximum Gasteiger partial charge on any atom is 0.236 e. The van der Waals surface area contributed by atoms with Crippen LogP contribution >= 0.6 is 11.6 Å². The predicted octanol–water partition coefficient (Wildman–Crippen LogP) is 3.68. The highest BCUT2D eigenvalue weighted by molar-refractivity contribution is 7.91. The molecular formula is C18H19ClFN3O3S. The molecule has 0 fully saturated rings. The molecule has 1 aromatic heterocycles. The average Bonchev–Trinajstić information content (AvgIpc) is 2.57. The molecule has 1 aliphatic heterocycles. The summed E-state index contributed by atoms with van der Waals surface area (Å²) in [5.74, 6) is -1.28. The molecule has 1 N–H and O–H groups in total. The van der Waals surface area contributed by atoms with E-state index in [-0.39, 0.29) is 40.5 Å². The summed E-state index contributed by atoms with van der Waals surface area (Å²) in [5.41, 5.74) is 1.43. The second kappa shape index (κ2) is 7.44. The fourth-order valence-electron chi connectivity index (χ4n) is 3.21. The van der Waals surface area contributed by atoms with Crippen molar-refractivity contribution >= 4 is 38.9 Å². The number of carbonyl (C=O) groups is 1. The quantitative estimate of drug-likeness (QED) is 0.761. The Bertz CT molecular complexity index is 980. The SMILES string of the molecule is CCN1C(=O)CC(C)c2cc(NS(=O)(=O)Cc3ccc(Cl)nc3)cc(F)c21. The highest BCUT2D eigenvalue weighted by Crippen LogP contribution is 2.39. The van der Waals surface area contributed by atoms with Crippen molar-refractivity contribution in [1.29, 1.82) is 0 Å². The molecule has 2 aromatic rings. The number of carbonyl (C=O) groups excluding carboxylic acids is 1. The number of halogens is 2. The number of hydrogen-bond donors (Lipinski definition) is 1. The van der Waals surface area contributed by atoms with E-state index in [1.165, 1.54) is 17.2 Å². The number of nitrogens with zero attached hydrogens (tertiary/aromatic N) is 2. The number of hydrogen-bond acceptors (Lipinski definition) is 4. The zero-order valence-corrected chi connectivity index (χ0v) is 16.4. The van der Waals surface area contributed by atoms with Gasteiger partial charge in [-0.05, 0) is 36.1 Å². The Morgan fingerprint density at radius 2 is 2.11 bits per heavy atom. The smallest absolute Gasteiger partial charge is 0.236 e. The van der Waals surface area contributed by atoms with E-state index in [0.29, 0.717) is 17.7 Å². The molecule has 27 heavy (non-hydrogen) atoms. The van der Waals surface area contributed by atoms with Crippen molar-refractivity contribution in [1.82, 2.24) is 4.98 Å². The van der Waals surface area contributed by atoms with Gasteiger partial charge >= 0.3 is 0 Å². The number of nitrogens with one attached hydrogen (secondary N) is 1. The normalized spacial score (nSPS) is 17.0. The van der Waals surface area contributed by atoms with Gasteiger partial charge in [-0.3, -0.25) is 9.52 Å². The minimum Gasteiger partial charge on any atom is -0.310 e. The molecule has 1 unspecified atom stereocenters. The van der Waals surface area contributed by atoms with Crippen molar-refractivity contribution in [3.8, 4) is 0 Å². The molecule has 1 aromatic carbocycles. The van der Waals surface area contributed by atoms with Crippen LogP contribution in [-0.4, -0.2) is 25.9 Å². The average molecular weight is 412 g/mol. The Labute approximate surface area is 162 Å². The van der Waals surface area contributed by atoms with Crippen LogP contribution in [0.25, 0.3) is 0 Å². The molecule has 0 saturated carbocycles. The maximum absolute atomic E-state index is 14.7. The fraction of sp³-hybridized carbons (Fsp3) is 0.333. The van der Waals surface area contributed by atoms with E-state index in [9.17, 15) is 17.6 Å². The maximum atomic E-state index is 14.7. The molecular weight excluding hydrogens is 393 g/mol. The molecule has 144 valence electrons. The number of sulfonamides is 1. The molecule has 1 atom stereocenters. The van der Waals surface area contributed by atoms with Crippen LogP contribution in [0.3, 0.4) is 0 Å². The van der Waals surface area contributed by atoms with E-state index in [2.05, 4.69) is 9.71 Å². The van der Waals surface area contributed by atoms with E-state index in [1.54, 1.807) is 19.1 Å². The van der Waals surface area contributed by atoms with Crippen molar-refractivity contribution < 1.29 is 17.6 Å². The largest absolute Gasteiger partial charge is 0.310 e. The van der Waals surface area contributed by atoms with Crippen LogP contribution in [0.5, 0.6) is 0 Å². The van der Waals surface area contributed by atoms with Gasteiger partial charge in [0.05, 0.1) is 17.1 Å². The van der Waals surface area contributed by atoms with Gasteiger partial charge in [0, 0.05) is 25.2 Å². The van der Waals surface area contributed by atoms with Gasteiger partial charge in [-0.1, -0.05) is 24.6 Å². The van der Waals surface area contributed by atoms with Crippen molar-refractivity contribution in [2.24, 2.45) is 0 Å². The zero-order valence-electron chi connectivity index (χ0n) is 14.9. The topological polar surface area (TPSA) is 79.4 Å². The van der Waals surface area contributed by atoms with Crippen LogP contribution in [0.1, 0.15) is 37.3 Å². The van der Waals surface area contributed by atoms with Crippen molar-refractivity contribution in [2.75, 3.05) is 16.2 Å². The number of pyridine rings is 1. The van der Waals surface area contributed by atoms with Gasteiger partial charge in [0.25, 0.3) is 0 Å². The van der Waals surface area contributed by atoms with Crippen LogP contribution in [0.2, 0.25) is 5.15 Å². The second-order valence-electron chi connectivity index (χ2n) is 6.49. The van der Waals surface area contributed by atoms with E-state index >= 15 is 0 Å². The summed E-state index contributed by atoms with van der Waals surface area (Å²) in [6.45, 7) is 3.94. The molecule has 0 aliphatic carbocycles. The summed E-state index contributed by atoms with van der Waals surface area (Å²) in [6.07, 6.45) is 1.63. The molecule has 3 rings (SSSR count). The van der Waals surface area contributed by atoms with E-state index < -0.39 is 15.8 Å². The third kappa shape index (κ3) is 4.22. The Kier molecular flexibility index (Phi) is 5.39. The summed E-state index contributed by atoms with van der Waals surface area (Å²) < 4.78 is 42.0. The highest BCUT2D eigenvalue weighted by Gasteiger charge is 2.31. The van der Waals surface area contributed by atoms with Crippen LogP contribution < -0.4 is 9.62 Å². The van der Waals surface area contributed by atoms with Crippen LogP contribution in [-0.2, 0) is 20.6 Å². The summed E-state index contributed by atoms with van der Waals surface area (Å²) >= 11 is 5.70. The first-order valence-electron chi connectivity index (χ1n) is 8.45. The first-order chi connectivity index (χ1) is 12.7. The number of aromatic nitrogens is 1. The number of benzene rings is 1. The second-order valence-corrected chi connectivity index (χ2v) is 8.60. The Balaban J connectivity index is 1.90. The number of rotatable bonds is 5. The lowest BCUT2D eigenvalue weighted by atomic mass is 9.90. The third-order valence-corrected chi connectivity index (χ3v) is 5.89. The molecule has 9 heteroatoms. The van der Waals surface area contributed by atoms with Gasteiger partial charge in [-0.15, -0.1) is 0 Å². The lowest BCUT2D eigenvalue weighted by Crippen LogP contribution is -2.36. The number of anilines is 2. The van der Waals surface area contributed by atoms with Crippen LogP contribution in [0.15, 0.2) is 30.5 Å². The standard InChI is InChI=1S/C18H19ClFN3O3S/c1-3-23-17(24)6-11(2)14-7-13(8-15(20)18(14)23)22-27(25,26)10-12-4-5-16(19)21-9-12/h4-5,7-9,11,22H,3,6,10H2,1-2H3. The van der Waals surface area contributed by atoms with Gasteiger partial charge in [-0.2, -0.15) is 0 Å². The molecule has 1 aliphatic rings. The monoisotopic (exact) mass is 411 g/mol. The molecule has 0 saturated heterocycles. The summed E-state index contributed by atoms with van der Waals surface area (Å²) in [5, 5.41) is 0.268. The predicted molar refractivity (Wildman–Crippen MR) is 103 cm³/mol. The van der Waals surface area contributed by atoms with Gasteiger partial charge in [-0.25, -0.2) is 17.8 Å². The van der Waals surface area contributed by atoms with Gasteiger partial charge < -0.3 is 4.90 Å². The lowest BCUT2D eigenvalue weighted by Gasteiger charge is -2.32. The Hall–Kier alpha value is -2.19. The number of fused-ring (bicyclic) bond motifs is 1. The lowest BCUT2D eigenvalue weighted by molar-refractivity contribution is -0.119. The first-order valence-corrected chi connectivity index (χ1v) is 10.5. The van der Waals surface area contributed by atoms with Crippen molar-refractivity contribution in [2.45, 2.75) is 31.9 Å². The van der Waals surface area contributed by atoms with E-state index in [0.717, 1.165) is 6.07 Å². The van der Waals surface area contributed by atoms with Crippen LogP contribution in [0.4, 0.5) is 15.8 Å². The highest BCUT2D eigenvalue weighted by atomic mass is 35.5. The molecule has 0 spiro atoms. The van der Waals surface area contributed by atoms with Gasteiger partial charge in [0.2, 0.25) is 15.9 Å². The fourth-order valence-corrected chi connectivity index (χ4v) is 4.48. The third-order valence-electron chi connectivity index (χ3n) is 4.41.